The van der Waals surface area contributed by atoms with Crippen molar-refractivity contribution in [2.45, 2.75) is 0 Å². The molecule has 0 unspecified atom stereocenters. The number of carbonyl (C=O) groups is 2. The molecule has 0 aliphatic carbocycles. The van der Waals surface area contributed by atoms with Gasteiger partial charge in [-0.25, -0.2) is 0 Å². The van der Waals surface area contributed by atoms with Crippen LogP contribution in [0.1, 0.15) is 10.4 Å². The summed E-state index contributed by atoms with van der Waals surface area (Å²) in [7, 11) is 0. The highest BCUT2D eigenvalue weighted by Crippen LogP contribution is 2.23. The highest BCUT2D eigenvalue weighted by Gasteiger charge is 2.22. The molecule has 1 aromatic carbocycles. The second kappa shape index (κ2) is 5.83. The van der Waals surface area contributed by atoms with Crippen LogP contribution in [-0.4, -0.2) is 28.5 Å². The quantitative estimate of drug-likeness (QED) is 0.819. The Morgan fingerprint density at radius 3 is 2.55 bits per heavy atom. The minimum absolute atomic E-state index is 0.303. The number of hydrogen-bond donors (Lipinski definition) is 2. The summed E-state index contributed by atoms with van der Waals surface area (Å²) in [6, 6.07) is 9.81. The summed E-state index contributed by atoms with van der Waals surface area (Å²) in [5.74, 6) is -1.58. The number of pyridine rings is 1. The summed E-state index contributed by atoms with van der Waals surface area (Å²) in [6.07, 6.45) is 2.92. The normalized spacial score (nSPS) is 10.0. The molecule has 0 fully saturated rings. The van der Waals surface area contributed by atoms with E-state index in [4.69, 9.17) is 10.8 Å². The average molecular weight is 271 g/mol. The Morgan fingerprint density at radius 1 is 1.20 bits per heavy atom. The third-order valence-corrected chi connectivity index (χ3v) is 2.67. The van der Waals surface area contributed by atoms with Gasteiger partial charge in [0.2, 0.25) is 0 Å². The van der Waals surface area contributed by atoms with Crippen molar-refractivity contribution in [2.75, 3.05) is 17.2 Å². The SMILES string of the molecule is Nc1ccccc1N(CC(=O)O)C(=O)c1cccnc1. The van der Waals surface area contributed by atoms with Crippen LogP contribution in [0.3, 0.4) is 0 Å². The summed E-state index contributed by atoms with van der Waals surface area (Å²) >= 11 is 0. The van der Waals surface area contributed by atoms with E-state index < -0.39 is 18.4 Å². The summed E-state index contributed by atoms with van der Waals surface area (Å²) in [4.78, 5) is 28.4. The van der Waals surface area contributed by atoms with E-state index in [1.807, 2.05) is 0 Å². The first kappa shape index (κ1) is 13.5. The van der Waals surface area contributed by atoms with Gasteiger partial charge >= 0.3 is 5.97 Å². The summed E-state index contributed by atoms with van der Waals surface area (Å²) in [5.41, 5.74) is 6.82. The zero-order chi connectivity index (χ0) is 14.5. The van der Waals surface area contributed by atoms with Crippen molar-refractivity contribution in [1.82, 2.24) is 4.98 Å². The van der Waals surface area contributed by atoms with Crippen LogP contribution in [0.4, 0.5) is 11.4 Å². The van der Waals surface area contributed by atoms with Crippen molar-refractivity contribution < 1.29 is 14.7 Å². The number of aromatic nitrogens is 1. The molecule has 0 saturated heterocycles. The van der Waals surface area contributed by atoms with Gasteiger partial charge in [0, 0.05) is 12.4 Å². The van der Waals surface area contributed by atoms with E-state index in [9.17, 15) is 9.59 Å². The predicted molar refractivity (Wildman–Crippen MR) is 74.4 cm³/mol. The highest BCUT2D eigenvalue weighted by atomic mass is 16.4. The third-order valence-electron chi connectivity index (χ3n) is 2.67. The predicted octanol–water partition coefficient (Wildman–Crippen LogP) is 1.40. The molecule has 6 heteroatoms. The third kappa shape index (κ3) is 2.92. The number of para-hydroxylation sites is 2. The van der Waals surface area contributed by atoms with Crippen molar-refractivity contribution in [2.24, 2.45) is 0 Å². The van der Waals surface area contributed by atoms with Crippen LogP contribution < -0.4 is 10.6 Å². The average Bonchev–Trinajstić information content (AvgIpc) is 2.46. The molecular weight excluding hydrogens is 258 g/mol. The molecule has 0 radical (unpaired) electrons. The minimum Gasteiger partial charge on any atom is -0.480 e. The molecule has 2 rings (SSSR count). The Balaban J connectivity index is 2.41. The molecule has 3 N–H and O–H groups in total. The lowest BCUT2D eigenvalue weighted by Gasteiger charge is -2.22. The van der Waals surface area contributed by atoms with Gasteiger partial charge in [-0.1, -0.05) is 12.1 Å². The first-order valence-electron chi connectivity index (χ1n) is 5.88. The summed E-state index contributed by atoms with van der Waals surface area (Å²) < 4.78 is 0. The maximum absolute atomic E-state index is 12.4. The Morgan fingerprint density at radius 2 is 1.95 bits per heavy atom. The topological polar surface area (TPSA) is 96.5 Å². The van der Waals surface area contributed by atoms with E-state index in [0.29, 0.717) is 16.9 Å². The number of nitrogens with zero attached hydrogens (tertiary/aromatic N) is 2. The monoisotopic (exact) mass is 271 g/mol. The van der Waals surface area contributed by atoms with Crippen LogP contribution in [0.25, 0.3) is 0 Å². The number of carboxylic acids is 1. The van der Waals surface area contributed by atoms with Crippen LogP contribution in [-0.2, 0) is 4.79 Å². The standard InChI is InChI=1S/C14H13N3O3/c15-11-5-1-2-6-12(11)17(9-13(18)19)14(20)10-4-3-7-16-8-10/h1-8H,9,15H2,(H,18,19). The molecule has 102 valence electrons. The maximum Gasteiger partial charge on any atom is 0.323 e. The molecule has 0 saturated carbocycles. The number of nitrogen functional groups attached to an aromatic ring is 1. The van der Waals surface area contributed by atoms with E-state index in [0.717, 1.165) is 4.90 Å². The smallest absolute Gasteiger partial charge is 0.323 e. The molecule has 0 spiro atoms. The molecule has 2 aromatic rings. The number of carbonyl (C=O) groups excluding carboxylic acids is 1. The Bertz CT molecular complexity index is 629. The van der Waals surface area contributed by atoms with Crippen molar-refractivity contribution >= 4 is 23.3 Å². The van der Waals surface area contributed by atoms with Crippen LogP contribution in [0.5, 0.6) is 0 Å². The van der Waals surface area contributed by atoms with Gasteiger partial charge in [0.05, 0.1) is 16.9 Å². The molecule has 0 aliphatic heterocycles. The Labute approximate surface area is 115 Å². The van der Waals surface area contributed by atoms with Crippen LogP contribution >= 0.6 is 0 Å². The van der Waals surface area contributed by atoms with E-state index in [-0.39, 0.29) is 0 Å². The molecule has 1 heterocycles. The fourth-order valence-corrected chi connectivity index (χ4v) is 1.78. The Hall–Kier alpha value is -2.89. The summed E-state index contributed by atoms with van der Waals surface area (Å²) in [6.45, 7) is -0.470. The second-order valence-corrected chi connectivity index (χ2v) is 4.09. The van der Waals surface area contributed by atoms with Gasteiger partial charge in [-0.15, -0.1) is 0 Å². The van der Waals surface area contributed by atoms with Crippen LogP contribution in [0, 0.1) is 0 Å². The largest absolute Gasteiger partial charge is 0.480 e. The zero-order valence-electron chi connectivity index (χ0n) is 10.6. The van der Waals surface area contributed by atoms with Crippen molar-refractivity contribution in [1.29, 1.82) is 0 Å². The van der Waals surface area contributed by atoms with E-state index >= 15 is 0 Å². The number of anilines is 2. The van der Waals surface area contributed by atoms with Gasteiger partial charge in [0.1, 0.15) is 6.54 Å². The number of benzene rings is 1. The molecule has 1 amide bonds. The highest BCUT2D eigenvalue weighted by molar-refractivity contribution is 6.09. The molecule has 6 nitrogen and oxygen atoms in total. The van der Waals surface area contributed by atoms with Gasteiger partial charge in [-0.2, -0.15) is 0 Å². The van der Waals surface area contributed by atoms with E-state index in [2.05, 4.69) is 4.98 Å². The van der Waals surface area contributed by atoms with Gasteiger partial charge in [0.25, 0.3) is 5.91 Å². The first-order valence-corrected chi connectivity index (χ1v) is 5.88. The molecule has 0 atom stereocenters. The van der Waals surface area contributed by atoms with Gasteiger partial charge in [0.15, 0.2) is 0 Å². The summed E-state index contributed by atoms with van der Waals surface area (Å²) in [5, 5.41) is 8.98. The minimum atomic E-state index is -1.12. The van der Waals surface area contributed by atoms with E-state index in [1.54, 1.807) is 36.4 Å². The fourth-order valence-electron chi connectivity index (χ4n) is 1.78. The Kier molecular flexibility index (Phi) is 3.95. The molecule has 20 heavy (non-hydrogen) atoms. The number of carboxylic acid groups (broad SMARTS) is 1. The lowest BCUT2D eigenvalue weighted by atomic mass is 10.2. The molecule has 1 aromatic heterocycles. The zero-order valence-corrected chi connectivity index (χ0v) is 10.6. The fraction of sp³-hybridized carbons (Fsp3) is 0.0714. The van der Waals surface area contributed by atoms with Crippen molar-refractivity contribution in [3.05, 3.63) is 54.4 Å². The number of amides is 1. The number of nitrogens with two attached hydrogens (primary N) is 1. The van der Waals surface area contributed by atoms with Gasteiger partial charge < -0.3 is 10.8 Å². The maximum atomic E-state index is 12.4. The van der Waals surface area contributed by atoms with Crippen molar-refractivity contribution in [3.8, 4) is 0 Å². The molecule has 0 bridgehead atoms. The second-order valence-electron chi connectivity index (χ2n) is 4.09. The molecule has 0 aliphatic rings. The molecular formula is C14H13N3O3. The first-order chi connectivity index (χ1) is 9.59. The lowest BCUT2D eigenvalue weighted by Crippen LogP contribution is -2.36. The van der Waals surface area contributed by atoms with Crippen LogP contribution in [0.2, 0.25) is 0 Å². The number of aliphatic carboxylic acids is 1. The lowest BCUT2D eigenvalue weighted by molar-refractivity contribution is -0.135. The van der Waals surface area contributed by atoms with Crippen LogP contribution in [0.15, 0.2) is 48.8 Å². The van der Waals surface area contributed by atoms with Gasteiger partial charge in [-0.3, -0.25) is 19.5 Å². The van der Waals surface area contributed by atoms with Crippen molar-refractivity contribution in [3.63, 3.8) is 0 Å². The number of rotatable bonds is 4. The van der Waals surface area contributed by atoms with Gasteiger partial charge in [-0.05, 0) is 24.3 Å². The number of hydrogen-bond acceptors (Lipinski definition) is 4. The van der Waals surface area contributed by atoms with E-state index in [1.165, 1.54) is 12.4 Å².